The van der Waals surface area contributed by atoms with Crippen molar-refractivity contribution in [3.05, 3.63) is 23.8 Å². The summed E-state index contributed by atoms with van der Waals surface area (Å²) >= 11 is 0. The summed E-state index contributed by atoms with van der Waals surface area (Å²) in [6.45, 7) is 10.1. The molecule has 1 aromatic rings. The number of nitrogens with one attached hydrogen (secondary N) is 1. The van der Waals surface area contributed by atoms with Gasteiger partial charge in [-0.3, -0.25) is 0 Å². The molecular weight excluding hydrogens is 262 g/mol. The van der Waals surface area contributed by atoms with Gasteiger partial charge in [0.1, 0.15) is 11.5 Å². The molecule has 0 bridgehead atoms. The Balaban J connectivity index is 2.57. The fourth-order valence-electron chi connectivity index (χ4n) is 2.36. The number of benzene rings is 1. The van der Waals surface area contributed by atoms with Crippen molar-refractivity contribution in [2.24, 2.45) is 5.41 Å². The third-order valence-corrected chi connectivity index (χ3v) is 3.92. The summed E-state index contributed by atoms with van der Waals surface area (Å²) in [5, 5.41) is 3.50. The Hall–Kier alpha value is -1.22. The van der Waals surface area contributed by atoms with E-state index in [-0.39, 0.29) is 0 Å². The summed E-state index contributed by atoms with van der Waals surface area (Å²) in [5.41, 5.74) is 1.58. The van der Waals surface area contributed by atoms with Gasteiger partial charge in [0.25, 0.3) is 0 Å². The van der Waals surface area contributed by atoms with Gasteiger partial charge in [0.2, 0.25) is 0 Å². The van der Waals surface area contributed by atoms with Crippen molar-refractivity contribution in [1.29, 1.82) is 0 Å². The van der Waals surface area contributed by atoms with Crippen molar-refractivity contribution < 1.29 is 9.47 Å². The van der Waals surface area contributed by atoms with Gasteiger partial charge in [-0.25, -0.2) is 0 Å². The van der Waals surface area contributed by atoms with E-state index in [0.717, 1.165) is 30.9 Å². The standard InChI is InChI=1S/C18H31NO2/c1-14(2)19-12-11-18(3,4)10-9-15-7-8-16(20-5)13-17(15)21-6/h7-8,13-14,19H,9-12H2,1-6H3. The van der Waals surface area contributed by atoms with Crippen molar-refractivity contribution in [2.75, 3.05) is 20.8 Å². The first-order chi connectivity index (χ1) is 9.88. The zero-order chi connectivity index (χ0) is 15.9. The average molecular weight is 293 g/mol. The number of rotatable bonds is 9. The monoisotopic (exact) mass is 293 g/mol. The van der Waals surface area contributed by atoms with Crippen LogP contribution >= 0.6 is 0 Å². The van der Waals surface area contributed by atoms with E-state index in [2.05, 4.69) is 39.1 Å². The fraction of sp³-hybridized carbons (Fsp3) is 0.667. The lowest BCUT2D eigenvalue weighted by molar-refractivity contribution is 0.296. The van der Waals surface area contributed by atoms with Crippen LogP contribution in [-0.2, 0) is 6.42 Å². The lowest BCUT2D eigenvalue weighted by Crippen LogP contribution is -2.28. The fourth-order valence-corrected chi connectivity index (χ4v) is 2.36. The summed E-state index contributed by atoms with van der Waals surface area (Å²) in [6, 6.07) is 6.64. The zero-order valence-corrected chi connectivity index (χ0v) is 14.5. The molecule has 3 nitrogen and oxygen atoms in total. The molecule has 1 aromatic carbocycles. The molecule has 0 unspecified atom stereocenters. The summed E-state index contributed by atoms with van der Waals surface area (Å²) in [4.78, 5) is 0. The highest BCUT2D eigenvalue weighted by molar-refractivity contribution is 5.40. The van der Waals surface area contributed by atoms with E-state index >= 15 is 0 Å². The van der Waals surface area contributed by atoms with E-state index < -0.39 is 0 Å². The lowest BCUT2D eigenvalue weighted by atomic mass is 9.83. The van der Waals surface area contributed by atoms with Crippen LogP contribution in [0.15, 0.2) is 18.2 Å². The van der Waals surface area contributed by atoms with Crippen LogP contribution < -0.4 is 14.8 Å². The molecule has 0 saturated heterocycles. The molecule has 1 N–H and O–H groups in total. The first kappa shape index (κ1) is 17.8. The Labute approximate surface area is 130 Å². The van der Waals surface area contributed by atoms with Crippen molar-refractivity contribution in [3.8, 4) is 11.5 Å². The smallest absolute Gasteiger partial charge is 0.125 e. The zero-order valence-electron chi connectivity index (χ0n) is 14.5. The molecule has 0 aliphatic heterocycles. The Bertz CT molecular complexity index is 427. The Morgan fingerprint density at radius 2 is 1.81 bits per heavy atom. The molecule has 120 valence electrons. The number of ether oxygens (including phenoxy) is 2. The van der Waals surface area contributed by atoms with Crippen molar-refractivity contribution in [1.82, 2.24) is 5.32 Å². The number of hydrogen-bond acceptors (Lipinski definition) is 3. The Morgan fingerprint density at radius 3 is 2.38 bits per heavy atom. The van der Waals surface area contributed by atoms with Crippen LogP contribution in [0.2, 0.25) is 0 Å². The third kappa shape index (κ3) is 6.38. The van der Waals surface area contributed by atoms with Crippen molar-refractivity contribution >= 4 is 0 Å². The number of methoxy groups -OCH3 is 2. The van der Waals surface area contributed by atoms with Crippen LogP contribution in [0.25, 0.3) is 0 Å². The quantitative estimate of drug-likeness (QED) is 0.745. The van der Waals surface area contributed by atoms with Crippen molar-refractivity contribution in [3.63, 3.8) is 0 Å². The van der Waals surface area contributed by atoms with E-state index in [1.165, 1.54) is 12.0 Å². The summed E-state index contributed by atoms with van der Waals surface area (Å²) in [6.07, 6.45) is 3.36. The molecule has 0 aliphatic carbocycles. The van der Waals surface area contributed by atoms with Crippen LogP contribution in [0.5, 0.6) is 11.5 Å². The van der Waals surface area contributed by atoms with E-state index in [4.69, 9.17) is 9.47 Å². The van der Waals surface area contributed by atoms with Gasteiger partial charge in [-0.15, -0.1) is 0 Å². The molecule has 3 heteroatoms. The SMILES string of the molecule is COc1ccc(CCC(C)(C)CCNC(C)C)c(OC)c1. The maximum atomic E-state index is 5.47. The van der Waals surface area contributed by atoms with Crippen LogP contribution in [0.1, 0.15) is 46.1 Å². The van der Waals surface area contributed by atoms with Gasteiger partial charge in [0.05, 0.1) is 14.2 Å². The molecule has 0 saturated carbocycles. The van der Waals surface area contributed by atoms with Crippen LogP contribution in [0, 0.1) is 5.41 Å². The van der Waals surface area contributed by atoms with E-state index in [1.807, 2.05) is 12.1 Å². The van der Waals surface area contributed by atoms with Crippen LogP contribution in [-0.4, -0.2) is 26.8 Å². The largest absolute Gasteiger partial charge is 0.497 e. The van der Waals surface area contributed by atoms with E-state index in [9.17, 15) is 0 Å². The van der Waals surface area contributed by atoms with Gasteiger partial charge in [-0.1, -0.05) is 33.8 Å². The van der Waals surface area contributed by atoms with E-state index in [1.54, 1.807) is 14.2 Å². The highest BCUT2D eigenvalue weighted by Crippen LogP contribution is 2.31. The second-order valence-electron chi connectivity index (χ2n) is 6.70. The average Bonchev–Trinajstić information content (AvgIpc) is 2.44. The molecule has 0 radical (unpaired) electrons. The third-order valence-electron chi connectivity index (χ3n) is 3.92. The lowest BCUT2D eigenvalue weighted by Gasteiger charge is -2.26. The predicted octanol–water partition coefficient (Wildman–Crippen LogP) is 4.05. The molecule has 0 atom stereocenters. The van der Waals surface area contributed by atoms with Gasteiger partial charge in [-0.05, 0) is 42.9 Å². The molecule has 0 amide bonds. The maximum Gasteiger partial charge on any atom is 0.125 e. The first-order valence-electron chi connectivity index (χ1n) is 7.82. The highest BCUT2D eigenvalue weighted by Gasteiger charge is 2.18. The van der Waals surface area contributed by atoms with Gasteiger partial charge in [0, 0.05) is 12.1 Å². The van der Waals surface area contributed by atoms with Gasteiger partial charge in [0.15, 0.2) is 0 Å². The molecule has 0 spiro atoms. The minimum absolute atomic E-state index is 0.326. The minimum atomic E-state index is 0.326. The van der Waals surface area contributed by atoms with Crippen molar-refractivity contribution in [2.45, 2.75) is 53.0 Å². The molecule has 1 rings (SSSR count). The number of hydrogen-bond donors (Lipinski definition) is 1. The second-order valence-corrected chi connectivity index (χ2v) is 6.70. The number of aryl methyl sites for hydroxylation is 1. The first-order valence-corrected chi connectivity index (χ1v) is 7.82. The minimum Gasteiger partial charge on any atom is -0.497 e. The summed E-state index contributed by atoms with van der Waals surface area (Å²) < 4.78 is 10.7. The van der Waals surface area contributed by atoms with E-state index in [0.29, 0.717) is 11.5 Å². The van der Waals surface area contributed by atoms with Gasteiger partial charge in [-0.2, -0.15) is 0 Å². The molecule has 0 aromatic heterocycles. The van der Waals surface area contributed by atoms with Gasteiger partial charge >= 0.3 is 0 Å². The summed E-state index contributed by atoms with van der Waals surface area (Å²) in [7, 11) is 3.40. The van der Waals surface area contributed by atoms with Crippen LogP contribution in [0.3, 0.4) is 0 Å². The normalized spacial score (nSPS) is 11.8. The summed E-state index contributed by atoms with van der Waals surface area (Å²) in [5.74, 6) is 1.77. The second kappa shape index (κ2) is 8.28. The topological polar surface area (TPSA) is 30.5 Å². The maximum absolute atomic E-state index is 5.47. The van der Waals surface area contributed by atoms with Crippen LogP contribution in [0.4, 0.5) is 0 Å². The highest BCUT2D eigenvalue weighted by atomic mass is 16.5. The molecule has 0 fully saturated rings. The predicted molar refractivity (Wildman–Crippen MR) is 89.4 cm³/mol. The molecule has 21 heavy (non-hydrogen) atoms. The van der Waals surface area contributed by atoms with Gasteiger partial charge < -0.3 is 14.8 Å². The molecule has 0 heterocycles. The Kier molecular flexibility index (Phi) is 7.03. The molecular formula is C18H31NO2. The molecule has 0 aliphatic rings. The Morgan fingerprint density at radius 1 is 1.10 bits per heavy atom.